The monoisotopic (exact) mass is 174 g/mol. The summed E-state index contributed by atoms with van der Waals surface area (Å²) in [7, 11) is 0. The van der Waals surface area contributed by atoms with E-state index in [4.69, 9.17) is 0 Å². The van der Waals surface area contributed by atoms with Crippen LogP contribution in [0.25, 0.3) is 0 Å². The lowest BCUT2D eigenvalue weighted by Crippen LogP contribution is -2.16. The zero-order chi connectivity index (χ0) is 9.14. The Morgan fingerprint density at radius 1 is 1.75 bits per heavy atom. The van der Waals surface area contributed by atoms with E-state index in [1.54, 1.807) is 6.92 Å². The molecule has 1 aromatic heterocycles. The SMILES string of the molecule is CCn1nccc1C(=O)C(F)F. The largest absolute Gasteiger partial charge is 0.302 e. The second-order valence-electron chi connectivity index (χ2n) is 2.20. The summed E-state index contributed by atoms with van der Waals surface area (Å²) >= 11 is 0. The van der Waals surface area contributed by atoms with Gasteiger partial charge in [0.2, 0.25) is 5.78 Å². The van der Waals surface area contributed by atoms with Crippen molar-refractivity contribution in [3.8, 4) is 0 Å². The molecular weight excluding hydrogens is 166 g/mol. The standard InChI is InChI=1S/C7H8F2N2O/c1-2-11-5(3-4-10-11)6(12)7(8)9/h3-4,7H,2H2,1H3. The molecular formula is C7H8F2N2O. The summed E-state index contributed by atoms with van der Waals surface area (Å²) in [5.74, 6) is -1.17. The first-order chi connectivity index (χ1) is 5.66. The number of carbonyl (C=O) groups excluding carboxylic acids is 1. The molecule has 0 N–H and O–H groups in total. The maximum atomic E-state index is 11.9. The predicted molar refractivity (Wildman–Crippen MR) is 38.2 cm³/mol. The Kier molecular flexibility index (Phi) is 2.52. The van der Waals surface area contributed by atoms with Crippen molar-refractivity contribution in [3.63, 3.8) is 0 Å². The molecule has 0 aliphatic heterocycles. The molecule has 0 aliphatic rings. The van der Waals surface area contributed by atoms with E-state index in [1.807, 2.05) is 0 Å². The quantitative estimate of drug-likeness (QED) is 0.648. The van der Waals surface area contributed by atoms with Crippen LogP contribution in [0.5, 0.6) is 0 Å². The van der Waals surface area contributed by atoms with E-state index < -0.39 is 12.2 Å². The average Bonchev–Trinajstić information content (AvgIpc) is 2.49. The molecule has 0 spiro atoms. The molecule has 1 rings (SSSR count). The third kappa shape index (κ3) is 1.49. The van der Waals surface area contributed by atoms with Gasteiger partial charge < -0.3 is 0 Å². The lowest BCUT2D eigenvalue weighted by atomic mass is 10.3. The van der Waals surface area contributed by atoms with E-state index in [0.29, 0.717) is 6.54 Å². The van der Waals surface area contributed by atoms with Gasteiger partial charge in [0.1, 0.15) is 5.69 Å². The molecule has 0 saturated heterocycles. The lowest BCUT2D eigenvalue weighted by molar-refractivity contribution is 0.0667. The zero-order valence-corrected chi connectivity index (χ0v) is 6.50. The van der Waals surface area contributed by atoms with Crippen LogP contribution in [0, 0.1) is 0 Å². The number of aryl methyl sites for hydroxylation is 1. The van der Waals surface area contributed by atoms with Crippen molar-refractivity contribution >= 4 is 5.78 Å². The highest BCUT2D eigenvalue weighted by molar-refractivity contribution is 5.96. The highest BCUT2D eigenvalue weighted by Crippen LogP contribution is 2.06. The normalized spacial score (nSPS) is 10.7. The highest BCUT2D eigenvalue weighted by atomic mass is 19.3. The number of hydrogen-bond donors (Lipinski definition) is 0. The molecule has 0 aliphatic carbocycles. The third-order valence-corrected chi connectivity index (χ3v) is 1.47. The maximum Gasteiger partial charge on any atom is 0.302 e. The Balaban J connectivity index is 2.94. The van der Waals surface area contributed by atoms with Gasteiger partial charge in [-0.15, -0.1) is 0 Å². The van der Waals surface area contributed by atoms with Crippen molar-refractivity contribution in [2.24, 2.45) is 0 Å². The summed E-state index contributed by atoms with van der Waals surface area (Å²) < 4.78 is 25.1. The van der Waals surface area contributed by atoms with E-state index in [9.17, 15) is 13.6 Å². The molecule has 0 amide bonds. The molecule has 1 aromatic rings. The molecule has 0 atom stereocenters. The van der Waals surface area contributed by atoms with Gasteiger partial charge in [-0.25, -0.2) is 8.78 Å². The summed E-state index contributed by atoms with van der Waals surface area (Å²) in [6, 6.07) is 1.29. The molecule has 0 radical (unpaired) electrons. The zero-order valence-electron chi connectivity index (χ0n) is 6.50. The fourth-order valence-electron chi connectivity index (χ4n) is 0.906. The first kappa shape index (κ1) is 8.83. The third-order valence-electron chi connectivity index (χ3n) is 1.47. The minimum atomic E-state index is -2.95. The van der Waals surface area contributed by atoms with Crippen LogP contribution in [0.2, 0.25) is 0 Å². The van der Waals surface area contributed by atoms with Crippen LogP contribution in [0.1, 0.15) is 17.4 Å². The first-order valence-electron chi connectivity index (χ1n) is 3.51. The van der Waals surface area contributed by atoms with Gasteiger partial charge >= 0.3 is 6.43 Å². The smallest absolute Gasteiger partial charge is 0.286 e. The van der Waals surface area contributed by atoms with Crippen molar-refractivity contribution in [1.29, 1.82) is 0 Å². The fourth-order valence-corrected chi connectivity index (χ4v) is 0.906. The van der Waals surface area contributed by atoms with Gasteiger partial charge in [-0.3, -0.25) is 9.48 Å². The number of Topliss-reactive ketones (excluding diaryl/α,β-unsaturated/α-hetero) is 1. The number of nitrogens with zero attached hydrogens (tertiary/aromatic N) is 2. The summed E-state index contributed by atoms with van der Waals surface area (Å²) in [4.78, 5) is 10.8. The Hall–Kier alpha value is -1.26. The highest BCUT2D eigenvalue weighted by Gasteiger charge is 2.20. The number of carbonyl (C=O) groups is 1. The number of ketones is 1. The van der Waals surface area contributed by atoms with Crippen molar-refractivity contribution < 1.29 is 13.6 Å². The van der Waals surface area contributed by atoms with Crippen LogP contribution in [0.15, 0.2) is 12.3 Å². The Bertz CT molecular complexity index is 283. The van der Waals surface area contributed by atoms with Crippen LogP contribution in [0.4, 0.5) is 8.78 Å². The van der Waals surface area contributed by atoms with E-state index in [1.165, 1.54) is 16.9 Å². The number of rotatable bonds is 3. The number of hydrogen-bond acceptors (Lipinski definition) is 2. The minimum Gasteiger partial charge on any atom is -0.286 e. The Labute approximate surface area is 68.0 Å². The number of halogens is 2. The molecule has 0 fully saturated rings. The van der Waals surface area contributed by atoms with Gasteiger partial charge in [-0.2, -0.15) is 5.10 Å². The van der Waals surface area contributed by atoms with Crippen LogP contribution in [-0.2, 0) is 6.54 Å². The Morgan fingerprint density at radius 3 is 2.92 bits per heavy atom. The van der Waals surface area contributed by atoms with Crippen LogP contribution >= 0.6 is 0 Å². The van der Waals surface area contributed by atoms with E-state index >= 15 is 0 Å². The molecule has 12 heavy (non-hydrogen) atoms. The van der Waals surface area contributed by atoms with Gasteiger partial charge in [0, 0.05) is 12.7 Å². The molecule has 3 nitrogen and oxygen atoms in total. The minimum absolute atomic E-state index is 0.0347. The van der Waals surface area contributed by atoms with Gasteiger partial charge in [0.15, 0.2) is 0 Å². The van der Waals surface area contributed by atoms with E-state index in [0.717, 1.165) is 0 Å². The van der Waals surface area contributed by atoms with Crippen LogP contribution in [0.3, 0.4) is 0 Å². The molecule has 0 unspecified atom stereocenters. The maximum absolute atomic E-state index is 11.9. The van der Waals surface area contributed by atoms with E-state index in [-0.39, 0.29) is 5.69 Å². The van der Waals surface area contributed by atoms with Gasteiger partial charge in [0.25, 0.3) is 0 Å². The molecule has 0 aromatic carbocycles. The predicted octanol–water partition coefficient (Wildman–Crippen LogP) is 1.35. The lowest BCUT2D eigenvalue weighted by Gasteiger charge is -2.01. The molecule has 0 saturated carbocycles. The van der Waals surface area contributed by atoms with Crippen molar-refractivity contribution in [2.75, 3.05) is 0 Å². The van der Waals surface area contributed by atoms with Crippen LogP contribution in [-0.4, -0.2) is 22.0 Å². The van der Waals surface area contributed by atoms with Gasteiger partial charge in [-0.05, 0) is 13.0 Å². The van der Waals surface area contributed by atoms with Crippen LogP contribution < -0.4 is 0 Å². The molecule has 66 valence electrons. The second kappa shape index (κ2) is 3.42. The van der Waals surface area contributed by atoms with E-state index in [2.05, 4.69) is 5.10 Å². The average molecular weight is 174 g/mol. The molecule has 1 heterocycles. The molecule has 0 bridgehead atoms. The summed E-state index contributed by atoms with van der Waals surface area (Å²) in [6.07, 6.45) is -1.62. The van der Waals surface area contributed by atoms with Gasteiger partial charge in [0.05, 0.1) is 0 Å². The van der Waals surface area contributed by atoms with Crippen molar-refractivity contribution in [1.82, 2.24) is 9.78 Å². The Morgan fingerprint density at radius 2 is 2.42 bits per heavy atom. The first-order valence-corrected chi connectivity index (χ1v) is 3.51. The van der Waals surface area contributed by atoms with Gasteiger partial charge in [-0.1, -0.05) is 0 Å². The number of aromatic nitrogens is 2. The van der Waals surface area contributed by atoms with Crippen molar-refractivity contribution in [3.05, 3.63) is 18.0 Å². The second-order valence-corrected chi connectivity index (χ2v) is 2.20. The summed E-state index contributed by atoms with van der Waals surface area (Å²) in [5.41, 5.74) is -0.0347. The fraction of sp³-hybridized carbons (Fsp3) is 0.429. The summed E-state index contributed by atoms with van der Waals surface area (Å²) in [5, 5.41) is 3.70. The number of alkyl halides is 2. The molecule has 5 heteroatoms. The summed E-state index contributed by atoms with van der Waals surface area (Å²) in [6.45, 7) is 2.15. The van der Waals surface area contributed by atoms with Crippen molar-refractivity contribution in [2.45, 2.75) is 19.9 Å². The topological polar surface area (TPSA) is 34.9 Å².